The minimum absolute atomic E-state index is 0. The highest BCUT2D eigenvalue weighted by Crippen LogP contribution is 2.20. The first kappa shape index (κ1) is 13.4. The third-order valence-corrected chi connectivity index (χ3v) is 4.17. The third-order valence-electron chi connectivity index (χ3n) is 2.51. The Hall–Kier alpha value is -0.650. The van der Waals surface area contributed by atoms with Crippen LogP contribution in [0.2, 0.25) is 0 Å². The topological polar surface area (TPSA) is 46.2 Å². The zero-order valence-electron chi connectivity index (χ0n) is 8.52. The van der Waals surface area contributed by atoms with E-state index in [4.69, 9.17) is 0 Å². The maximum absolute atomic E-state index is 13.4. The van der Waals surface area contributed by atoms with Gasteiger partial charge in [-0.3, -0.25) is 0 Å². The number of halogens is 2. The summed E-state index contributed by atoms with van der Waals surface area (Å²) in [6, 6.07) is 5.86. The minimum atomic E-state index is -3.03. The predicted octanol–water partition coefficient (Wildman–Crippen LogP) is 1.31. The molecule has 1 unspecified atom stereocenters. The van der Waals surface area contributed by atoms with Crippen LogP contribution in [0, 0.1) is 5.82 Å². The largest absolute Gasteiger partial charge is 0.308 e. The number of nitrogens with one attached hydrogen (secondary N) is 1. The Balaban J connectivity index is 0.00000128. The van der Waals surface area contributed by atoms with E-state index in [1.807, 2.05) is 0 Å². The fraction of sp³-hybridized carbons (Fsp3) is 0.400. The number of sulfone groups is 1. The van der Waals surface area contributed by atoms with E-state index in [-0.39, 0.29) is 29.7 Å². The molecular formula is C10H13ClFNO2S. The molecule has 0 saturated carbocycles. The standard InChI is InChI=1S/C10H12FNO2S.ClH/c11-9-4-2-1-3-8(9)10-7-15(13,14)6-5-12-10;/h1-4,10,12H,5-7H2;1H. The van der Waals surface area contributed by atoms with Crippen LogP contribution in [0.15, 0.2) is 24.3 Å². The molecule has 1 aliphatic heterocycles. The number of benzene rings is 1. The van der Waals surface area contributed by atoms with Crippen LogP contribution in [-0.4, -0.2) is 26.5 Å². The Morgan fingerprint density at radius 2 is 2.00 bits per heavy atom. The van der Waals surface area contributed by atoms with E-state index in [0.717, 1.165) is 0 Å². The fourth-order valence-electron chi connectivity index (χ4n) is 1.74. The van der Waals surface area contributed by atoms with Crippen LogP contribution in [0.25, 0.3) is 0 Å². The van der Waals surface area contributed by atoms with Gasteiger partial charge >= 0.3 is 0 Å². The quantitative estimate of drug-likeness (QED) is 0.833. The molecule has 1 fully saturated rings. The second kappa shape index (κ2) is 5.12. The average molecular weight is 266 g/mol. The van der Waals surface area contributed by atoms with E-state index in [1.54, 1.807) is 18.2 Å². The lowest BCUT2D eigenvalue weighted by Gasteiger charge is -2.24. The van der Waals surface area contributed by atoms with Crippen molar-refractivity contribution in [3.63, 3.8) is 0 Å². The van der Waals surface area contributed by atoms with Crippen molar-refractivity contribution in [1.82, 2.24) is 5.32 Å². The molecule has 0 bridgehead atoms. The summed E-state index contributed by atoms with van der Waals surface area (Å²) < 4.78 is 36.2. The third kappa shape index (κ3) is 2.93. The fourth-order valence-corrected chi connectivity index (χ4v) is 3.14. The van der Waals surface area contributed by atoms with Gasteiger partial charge in [-0.15, -0.1) is 12.4 Å². The minimum Gasteiger partial charge on any atom is -0.308 e. The second-order valence-corrected chi connectivity index (χ2v) is 5.87. The van der Waals surface area contributed by atoms with Gasteiger partial charge in [0, 0.05) is 18.2 Å². The molecule has 0 spiro atoms. The summed E-state index contributed by atoms with van der Waals surface area (Å²) in [6.07, 6.45) is 0. The van der Waals surface area contributed by atoms with E-state index in [9.17, 15) is 12.8 Å². The maximum Gasteiger partial charge on any atom is 0.153 e. The van der Waals surface area contributed by atoms with Gasteiger partial charge in [0.1, 0.15) is 5.82 Å². The van der Waals surface area contributed by atoms with Gasteiger partial charge in [0.2, 0.25) is 0 Å². The zero-order valence-corrected chi connectivity index (χ0v) is 10.2. The van der Waals surface area contributed by atoms with Gasteiger partial charge in [-0.2, -0.15) is 0 Å². The molecule has 0 amide bonds. The monoisotopic (exact) mass is 265 g/mol. The van der Waals surface area contributed by atoms with Crippen molar-refractivity contribution in [1.29, 1.82) is 0 Å². The van der Waals surface area contributed by atoms with Crippen LogP contribution in [0.1, 0.15) is 11.6 Å². The highest BCUT2D eigenvalue weighted by molar-refractivity contribution is 7.91. The smallest absolute Gasteiger partial charge is 0.153 e. The van der Waals surface area contributed by atoms with Crippen LogP contribution in [-0.2, 0) is 9.84 Å². The molecule has 3 nitrogen and oxygen atoms in total. The molecule has 1 aromatic carbocycles. The van der Waals surface area contributed by atoms with Gasteiger partial charge in [0.05, 0.1) is 11.5 Å². The summed E-state index contributed by atoms with van der Waals surface area (Å²) in [4.78, 5) is 0. The van der Waals surface area contributed by atoms with E-state index in [0.29, 0.717) is 12.1 Å². The number of rotatable bonds is 1. The van der Waals surface area contributed by atoms with E-state index >= 15 is 0 Å². The maximum atomic E-state index is 13.4. The van der Waals surface area contributed by atoms with Gasteiger partial charge in [-0.05, 0) is 6.07 Å². The molecule has 1 aromatic rings. The molecule has 6 heteroatoms. The number of hydrogen-bond donors (Lipinski definition) is 1. The first-order valence-electron chi connectivity index (χ1n) is 4.77. The predicted molar refractivity (Wildman–Crippen MR) is 63.0 cm³/mol. The zero-order chi connectivity index (χ0) is 10.9. The molecule has 1 heterocycles. The van der Waals surface area contributed by atoms with Gasteiger partial charge in [0.15, 0.2) is 9.84 Å². The molecule has 1 N–H and O–H groups in total. The van der Waals surface area contributed by atoms with Gasteiger partial charge in [-0.1, -0.05) is 18.2 Å². The van der Waals surface area contributed by atoms with E-state index in [2.05, 4.69) is 5.32 Å². The Morgan fingerprint density at radius 3 is 2.62 bits per heavy atom. The first-order valence-corrected chi connectivity index (χ1v) is 6.59. The SMILES string of the molecule is Cl.O=S1(=O)CCNC(c2ccccc2F)C1. The molecule has 0 radical (unpaired) electrons. The van der Waals surface area contributed by atoms with Crippen molar-refractivity contribution >= 4 is 22.2 Å². The van der Waals surface area contributed by atoms with Crippen LogP contribution < -0.4 is 5.32 Å². The summed E-state index contributed by atoms with van der Waals surface area (Å²) in [5, 5.41) is 3.01. The molecule has 0 aliphatic carbocycles. The van der Waals surface area contributed by atoms with Crippen molar-refractivity contribution < 1.29 is 12.8 Å². The number of hydrogen-bond acceptors (Lipinski definition) is 3. The lowest BCUT2D eigenvalue weighted by molar-refractivity contribution is 0.508. The first-order chi connectivity index (χ1) is 7.08. The van der Waals surface area contributed by atoms with Crippen molar-refractivity contribution in [2.75, 3.05) is 18.1 Å². The Labute approximate surface area is 100 Å². The molecule has 1 atom stereocenters. The van der Waals surface area contributed by atoms with Crippen LogP contribution in [0.5, 0.6) is 0 Å². The summed E-state index contributed by atoms with van der Waals surface area (Å²) in [7, 11) is -3.03. The normalized spacial score (nSPS) is 23.4. The molecular weight excluding hydrogens is 253 g/mol. The average Bonchev–Trinajstić information content (AvgIpc) is 2.17. The Kier molecular flexibility index (Phi) is 4.29. The molecule has 1 aliphatic rings. The summed E-state index contributed by atoms with van der Waals surface area (Å²) in [5.74, 6) is -0.238. The summed E-state index contributed by atoms with van der Waals surface area (Å²) >= 11 is 0. The highest BCUT2D eigenvalue weighted by atomic mass is 35.5. The van der Waals surface area contributed by atoms with Gasteiger partial charge in [0.25, 0.3) is 0 Å². The van der Waals surface area contributed by atoms with Crippen LogP contribution >= 0.6 is 12.4 Å². The molecule has 90 valence electrons. The highest BCUT2D eigenvalue weighted by Gasteiger charge is 2.26. The van der Waals surface area contributed by atoms with Crippen molar-refractivity contribution in [3.05, 3.63) is 35.6 Å². The molecule has 0 aromatic heterocycles. The van der Waals surface area contributed by atoms with Gasteiger partial charge in [-0.25, -0.2) is 12.8 Å². The Bertz CT molecular complexity index is 464. The van der Waals surface area contributed by atoms with Gasteiger partial charge < -0.3 is 5.32 Å². The van der Waals surface area contributed by atoms with Crippen molar-refractivity contribution in [3.8, 4) is 0 Å². The van der Waals surface area contributed by atoms with Crippen molar-refractivity contribution in [2.45, 2.75) is 6.04 Å². The molecule has 2 rings (SSSR count). The van der Waals surface area contributed by atoms with E-state index < -0.39 is 15.9 Å². The second-order valence-electron chi connectivity index (χ2n) is 3.64. The van der Waals surface area contributed by atoms with Crippen molar-refractivity contribution in [2.24, 2.45) is 0 Å². The molecule has 1 saturated heterocycles. The summed E-state index contributed by atoms with van der Waals surface area (Å²) in [5.41, 5.74) is 0.431. The molecule has 16 heavy (non-hydrogen) atoms. The Morgan fingerprint density at radius 1 is 1.31 bits per heavy atom. The van der Waals surface area contributed by atoms with E-state index in [1.165, 1.54) is 6.07 Å². The van der Waals surface area contributed by atoms with Crippen LogP contribution in [0.4, 0.5) is 4.39 Å². The van der Waals surface area contributed by atoms with Crippen LogP contribution in [0.3, 0.4) is 0 Å². The summed E-state index contributed by atoms with van der Waals surface area (Å²) in [6.45, 7) is 0.390. The lowest BCUT2D eigenvalue weighted by atomic mass is 10.1. The lowest BCUT2D eigenvalue weighted by Crippen LogP contribution is -2.39.